The molecule has 2 heterocycles. The molecule has 3 rings (SSSR count). The Morgan fingerprint density at radius 3 is 2.69 bits per heavy atom. The van der Waals surface area contributed by atoms with Gasteiger partial charge in [0.05, 0.1) is 17.0 Å². The van der Waals surface area contributed by atoms with E-state index < -0.39 is 21.7 Å². The molecule has 170 valence electrons. The Bertz CT molecular complexity index is 1300. The van der Waals surface area contributed by atoms with Crippen LogP contribution in [0.2, 0.25) is 5.02 Å². The first-order valence-electron chi connectivity index (χ1n) is 10.2. The summed E-state index contributed by atoms with van der Waals surface area (Å²) in [5.41, 5.74) is 2.18. The molecule has 0 atom stereocenters. The molecule has 0 aliphatic heterocycles. The predicted molar refractivity (Wildman–Crippen MR) is 125 cm³/mol. The van der Waals surface area contributed by atoms with Gasteiger partial charge in [-0.15, -0.1) is 0 Å². The second-order valence-corrected chi connectivity index (χ2v) is 9.77. The van der Waals surface area contributed by atoms with Crippen molar-refractivity contribution in [2.24, 2.45) is 7.05 Å². The van der Waals surface area contributed by atoms with Crippen LogP contribution in [0.4, 0.5) is 0 Å². The molecular formula is C22H25ClN4O4S. The molecule has 0 radical (unpaired) electrons. The van der Waals surface area contributed by atoms with Gasteiger partial charge in [0.2, 0.25) is 15.8 Å². The molecule has 0 bridgehead atoms. The van der Waals surface area contributed by atoms with Crippen LogP contribution in [0.1, 0.15) is 37.4 Å². The van der Waals surface area contributed by atoms with Crippen molar-refractivity contribution in [1.29, 1.82) is 0 Å². The molecule has 8 nitrogen and oxygen atoms in total. The Morgan fingerprint density at radius 2 is 1.97 bits per heavy atom. The Hall–Kier alpha value is -2.91. The van der Waals surface area contributed by atoms with Crippen molar-refractivity contribution in [3.63, 3.8) is 0 Å². The SMILES string of the molecule is CCCCCS(=O)(=O)NC(=O)C(=O)C=Cc1c(C)nn(C)c1-n1ccc2cc(Cl)ccc21. The molecule has 3 aromatic rings. The van der Waals surface area contributed by atoms with E-state index in [4.69, 9.17) is 11.6 Å². The minimum absolute atomic E-state index is 0.194. The maximum absolute atomic E-state index is 12.3. The van der Waals surface area contributed by atoms with Crippen LogP contribution in [0.3, 0.4) is 0 Å². The van der Waals surface area contributed by atoms with E-state index in [-0.39, 0.29) is 5.75 Å². The lowest BCUT2D eigenvalue weighted by Gasteiger charge is -2.08. The third kappa shape index (κ3) is 5.28. The molecule has 10 heteroatoms. The topological polar surface area (TPSA) is 103 Å². The van der Waals surface area contributed by atoms with E-state index in [1.807, 2.05) is 40.6 Å². The zero-order valence-corrected chi connectivity index (χ0v) is 19.7. The van der Waals surface area contributed by atoms with Crippen molar-refractivity contribution in [2.45, 2.75) is 33.1 Å². The summed E-state index contributed by atoms with van der Waals surface area (Å²) >= 11 is 6.08. The van der Waals surface area contributed by atoms with Crippen LogP contribution in [0.15, 0.2) is 36.5 Å². The molecule has 0 saturated heterocycles. The summed E-state index contributed by atoms with van der Waals surface area (Å²) in [6.45, 7) is 3.73. The number of hydrogen-bond acceptors (Lipinski definition) is 5. The van der Waals surface area contributed by atoms with Gasteiger partial charge in [-0.2, -0.15) is 5.10 Å². The quantitative estimate of drug-likeness (QED) is 0.289. The first kappa shape index (κ1) is 23.7. The standard InChI is InChI=1S/C22H25ClN4O4S/c1-4-5-6-13-32(30,31)25-21(29)20(28)10-8-18-15(2)24-26(3)22(18)27-12-11-16-14-17(23)7-9-19(16)27/h7-12,14H,4-6,13H2,1-3H3,(H,25,29). The van der Waals surface area contributed by atoms with Crippen molar-refractivity contribution in [2.75, 3.05) is 5.75 Å². The van der Waals surface area contributed by atoms with Gasteiger partial charge in [0.1, 0.15) is 5.82 Å². The number of carbonyl (C=O) groups excluding carboxylic acids is 2. The lowest BCUT2D eigenvalue weighted by atomic mass is 10.2. The number of benzene rings is 1. The molecule has 0 saturated carbocycles. The van der Waals surface area contributed by atoms with Crippen LogP contribution >= 0.6 is 11.6 Å². The molecule has 0 aliphatic rings. The summed E-state index contributed by atoms with van der Waals surface area (Å²) in [6, 6.07) is 7.43. The minimum atomic E-state index is -3.84. The first-order valence-corrected chi connectivity index (χ1v) is 12.2. The number of rotatable bonds is 9. The van der Waals surface area contributed by atoms with Crippen molar-refractivity contribution < 1.29 is 18.0 Å². The highest BCUT2D eigenvalue weighted by Gasteiger charge is 2.20. The second-order valence-electron chi connectivity index (χ2n) is 7.49. The van der Waals surface area contributed by atoms with Gasteiger partial charge in [0, 0.05) is 29.2 Å². The van der Waals surface area contributed by atoms with Gasteiger partial charge < -0.3 is 4.57 Å². The fraction of sp³-hybridized carbons (Fsp3) is 0.318. The molecule has 1 amide bonds. The number of nitrogens with zero attached hydrogens (tertiary/aromatic N) is 3. The van der Waals surface area contributed by atoms with E-state index in [1.54, 1.807) is 24.7 Å². The van der Waals surface area contributed by atoms with Crippen molar-refractivity contribution >= 4 is 50.3 Å². The number of amides is 1. The Labute approximate surface area is 191 Å². The van der Waals surface area contributed by atoms with Gasteiger partial charge in [-0.25, -0.2) is 13.1 Å². The van der Waals surface area contributed by atoms with Gasteiger partial charge >= 0.3 is 5.91 Å². The van der Waals surface area contributed by atoms with E-state index in [0.717, 1.165) is 29.8 Å². The average Bonchev–Trinajstić information content (AvgIpc) is 3.24. The Balaban J connectivity index is 1.85. The number of halogens is 1. The van der Waals surface area contributed by atoms with Crippen LogP contribution in [0, 0.1) is 6.92 Å². The third-order valence-corrected chi connectivity index (χ3v) is 6.57. The Kier molecular flexibility index (Phi) is 7.20. The lowest BCUT2D eigenvalue weighted by Crippen LogP contribution is -2.36. The molecular weight excluding hydrogens is 452 g/mol. The van der Waals surface area contributed by atoms with E-state index in [9.17, 15) is 18.0 Å². The largest absolute Gasteiger partial charge is 0.305 e. The summed E-state index contributed by atoms with van der Waals surface area (Å²) in [7, 11) is -2.07. The molecule has 1 aromatic carbocycles. The summed E-state index contributed by atoms with van der Waals surface area (Å²) in [6.07, 6.45) is 6.41. The zero-order valence-electron chi connectivity index (χ0n) is 18.1. The van der Waals surface area contributed by atoms with Gasteiger partial charge in [0.15, 0.2) is 0 Å². The lowest BCUT2D eigenvalue weighted by molar-refractivity contribution is -0.134. The van der Waals surface area contributed by atoms with Gasteiger partial charge in [0.25, 0.3) is 0 Å². The molecule has 32 heavy (non-hydrogen) atoms. The van der Waals surface area contributed by atoms with Gasteiger partial charge in [-0.3, -0.25) is 14.3 Å². The molecule has 0 aliphatic carbocycles. The number of carbonyl (C=O) groups is 2. The highest BCUT2D eigenvalue weighted by Crippen LogP contribution is 2.27. The van der Waals surface area contributed by atoms with Crippen LogP contribution in [-0.2, 0) is 26.7 Å². The van der Waals surface area contributed by atoms with Gasteiger partial charge in [-0.05, 0) is 49.8 Å². The van der Waals surface area contributed by atoms with E-state index in [1.165, 1.54) is 6.08 Å². The molecule has 2 aromatic heterocycles. The normalized spacial score (nSPS) is 12.0. The number of nitrogens with one attached hydrogen (secondary N) is 1. The summed E-state index contributed by atoms with van der Waals surface area (Å²) < 4.78 is 29.4. The number of hydrogen-bond donors (Lipinski definition) is 1. The molecule has 1 N–H and O–H groups in total. The number of sulfonamides is 1. The van der Waals surface area contributed by atoms with Gasteiger partial charge in [-0.1, -0.05) is 31.4 Å². The van der Waals surface area contributed by atoms with Crippen LogP contribution in [0.25, 0.3) is 22.8 Å². The first-order chi connectivity index (χ1) is 15.1. The highest BCUT2D eigenvalue weighted by atomic mass is 35.5. The van der Waals surface area contributed by atoms with E-state index in [0.29, 0.717) is 28.5 Å². The average molecular weight is 477 g/mol. The molecule has 0 unspecified atom stereocenters. The predicted octanol–water partition coefficient (Wildman–Crippen LogP) is 3.54. The van der Waals surface area contributed by atoms with Crippen LogP contribution in [-0.4, -0.2) is 40.2 Å². The van der Waals surface area contributed by atoms with Crippen molar-refractivity contribution in [1.82, 2.24) is 19.1 Å². The van der Waals surface area contributed by atoms with Crippen molar-refractivity contribution in [3.8, 4) is 5.82 Å². The number of aryl methyl sites for hydroxylation is 2. The van der Waals surface area contributed by atoms with E-state index >= 15 is 0 Å². The Morgan fingerprint density at radius 1 is 1.22 bits per heavy atom. The number of ketones is 1. The molecule has 0 fully saturated rings. The maximum atomic E-state index is 12.3. The van der Waals surface area contributed by atoms with Crippen molar-refractivity contribution in [3.05, 3.63) is 52.8 Å². The smallest absolute Gasteiger partial charge is 0.301 e. The second kappa shape index (κ2) is 9.70. The summed E-state index contributed by atoms with van der Waals surface area (Å²) in [5.74, 6) is -1.64. The fourth-order valence-corrected chi connectivity index (χ4v) is 4.71. The molecule has 0 spiro atoms. The minimum Gasteiger partial charge on any atom is -0.301 e. The van der Waals surface area contributed by atoms with E-state index in [2.05, 4.69) is 5.10 Å². The summed E-state index contributed by atoms with van der Waals surface area (Å²) in [5, 5.41) is 5.99. The fourth-order valence-electron chi connectivity index (χ4n) is 3.46. The summed E-state index contributed by atoms with van der Waals surface area (Å²) in [4.78, 5) is 24.4. The zero-order chi connectivity index (χ0) is 23.5. The third-order valence-electron chi connectivity index (χ3n) is 5.01. The maximum Gasteiger partial charge on any atom is 0.305 e. The number of unbranched alkanes of at least 4 members (excludes halogenated alkanes) is 2. The number of aromatic nitrogens is 3. The highest BCUT2D eigenvalue weighted by molar-refractivity contribution is 7.90. The monoisotopic (exact) mass is 476 g/mol. The van der Waals surface area contributed by atoms with Crippen LogP contribution < -0.4 is 4.72 Å². The van der Waals surface area contributed by atoms with Crippen LogP contribution in [0.5, 0.6) is 0 Å². The number of fused-ring (bicyclic) bond motifs is 1.